The maximum absolute atomic E-state index is 13.9. The fraction of sp³-hybridized carbons (Fsp3) is 0.200. The second-order valence-corrected chi connectivity index (χ2v) is 6.61. The molecule has 0 saturated carbocycles. The molecule has 2 amide bonds. The molecule has 5 nitrogen and oxygen atoms in total. The van der Waals surface area contributed by atoms with E-state index < -0.39 is 23.4 Å². The number of carbonyl (C=O) groups excluding carboxylic acids is 1. The van der Waals surface area contributed by atoms with Crippen LogP contribution in [0.4, 0.5) is 19.3 Å². The molecule has 27 heavy (non-hydrogen) atoms. The summed E-state index contributed by atoms with van der Waals surface area (Å²) in [5, 5.41) is 6.60. The SMILES string of the molecule is Cn1cc(C2CN(C(=O)Nc3c(F)cccc3F)Cc3ccccc32)cn1. The lowest BCUT2D eigenvalue weighted by Crippen LogP contribution is -2.41. The number of benzene rings is 2. The van der Waals surface area contributed by atoms with Gasteiger partial charge in [0.05, 0.1) is 6.20 Å². The Morgan fingerprint density at radius 2 is 1.89 bits per heavy atom. The summed E-state index contributed by atoms with van der Waals surface area (Å²) in [6, 6.07) is 10.8. The molecule has 2 heterocycles. The van der Waals surface area contributed by atoms with Gasteiger partial charge in [-0.2, -0.15) is 5.10 Å². The highest BCUT2D eigenvalue weighted by atomic mass is 19.1. The fourth-order valence-corrected chi connectivity index (χ4v) is 3.47. The van der Waals surface area contributed by atoms with Crippen LogP contribution < -0.4 is 5.32 Å². The quantitative estimate of drug-likeness (QED) is 0.746. The highest BCUT2D eigenvalue weighted by molar-refractivity contribution is 5.90. The van der Waals surface area contributed by atoms with Gasteiger partial charge in [0.25, 0.3) is 0 Å². The zero-order valence-corrected chi connectivity index (χ0v) is 14.7. The molecule has 138 valence electrons. The van der Waals surface area contributed by atoms with Crippen molar-refractivity contribution < 1.29 is 13.6 Å². The Labute approximate surface area is 155 Å². The average Bonchev–Trinajstić information content (AvgIpc) is 3.10. The zero-order chi connectivity index (χ0) is 19.0. The number of aromatic nitrogens is 2. The van der Waals surface area contributed by atoms with Gasteiger partial charge in [0.2, 0.25) is 0 Å². The van der Waals surface area contributed by atoms with Crippen molar-refractivity contribution in [3.63, 3.8) is 0 Å². The highest BCUT2D eigenvalue weighted by Gasteiger charge is 2.30. The van der Waals surface area contributed by atoms with Crippen LogP contribution >= 0.6 is 0 Å². The molecule has 7 heteroatoms. The summed E-state index contributed by atoms with van der Waals surface area (Å²) < 4.78 is 29.5. The van der Waals surface area contributed by atoms with Gasteiger partial charge >= 0.3 is 6.03 Å². The van der Waals surface area contributed by atoms with E-state index in [1.165, 1.54) is 6.07 Å². The van der Waals surface area contributed by atoms with Crippen molar-refractivity contribution in [3.05, 3.63) is 83.2 Å². The monoisotopic (exact) mass is 368 g/mol. The average molecular weight is 368 g/mol. The summed E-state index contributed by atoms with van der Waals surface area (Å²) in [4.78, 5) is 14.3. The van der Waals surface area contributed by atoms with Crippen molar-refractivity contribution in [2.45, 2.75) is 12.5 Å². The number of fused-ring (bicyclic) bond motifs is 1. The maximum atomic E-state index is 13.9. The number of nitrogens with one attached hydrogen (secondary N) is 1. The summed E-state index contributed by atoms with van der Waals surface area (Å²) in [7, 11) is 1.84. The summed E-state index contributed by atoms with van der Waals surface area (Å²) in [6.45, 7) is 0.763. The molecule has 0 radical (unpaired) electrons. The molecule has 0 spiro atoms. The Morgan fingerprint density at radius 1 is 1.15 bits per heavy atom. The Kier molecular flexibility index (Phi) is 4.35. The van der Waals surface area contributed by atoms with Gasteiger partial charge in [-0.05, 0) is 28.8 Å². The van der Waals surface area contributed by atoms with E-state index >= 15 is 0 Å². The van der Waals surface area contributed by atoms with Gasteiger partial charge in [-0.15, -0.1) is 0 Å². The topological polar surface area (TPSA) is 50.2 Å². The van der Waals surface area contributed by atoms with Crippen molar-refractivity contribution in [1.29, 1.82) is 0 Å². The van der Waals surface area contributed by atoms with Gasteiger partial charge in [0.15, 0.2) is 0 Å². The standard InChI is InChI=1S/C20H18F2N4O/c1-25-10-14(9-23-25)16-12-26(11-13-5-2-3-6-15(13)16)20(27)24-19-17(21)7-4-8-18(19)22/h2-10,16H,11-12H2,1H3,(H,24,27). The van der Waals surface area contributed by atoms with E-state index in [0.29, 0.717) is 13.1 Å². The number of nitrogens with zero attached hydrogens (tertiary/aromatic N) is 3. The van der Waals surface area contributed by atoms with E-state index in [-0.39, 0.29) is 5.92 Å². The first-order chi connectivity index (χ1) is 13.0. The van der Waals surface area contributed by atoms with Crippen molar-refractivity contribution in [2.24, 2.45) is 7.05 Å². The summed E-state index contributed by atoms with van der Waals surface area (Å²) in [5.41, 5.74) is 2.69. The lowest BCUT2D eigenvalue weighted by atomic mass is 9.86. The number of carbonyl (C=O) groups is 1. The minimum Gasteiger partial charge on any atom is -0.319 e. The smallest absolute Gasteiger partial charge is 0.319 e. The molecule has 1 atom stereocenters. The van der Waals surface area contributed by atoms with Crippen LogP contribution in [-0.4, -0.2) is 27.3 Å². The van der Waals surface area contributed by atoms with Crippen LogP contribution in [0.2, 0.25) is 0 Å². The lowest BCUT2D eigenvalue weighted by Gasteiger charge is -2.34. The number of hydrogen-bond donors (Lipinski definition) is 1. The number of aryl methyl sites for hydroxylation is 1. The highest BCUT2D eigenvalue weighted by Crippen LogP contribution is 2.33. The minimum atomic E-state index is -0.801. The first-order valence-corrected chi connectivity index (χ1v) is 8.59. The Morgan fingerprint density at radius 3 is 2.59 bits per heavy atom. The molecule has 4 rings (SSSR count). The van der Waals surface area contributed by atoms with E-state index in [0.717, 1.165) is 28.8 Å². The van der Waals surface area contributed by atoms with Gasteiger partial charge in [-0.3, -0.25) is 4.68 Å². The summed E-state index contributed by atoms with van der Waals surface area (Å²) >= 11 is 0. The van der Waals surface area contributed by atoms with Crippen LogP contribution in [0.3, 0.4) is 0 Å². The Balaban J connectivity index is 1.64. The predicted octanol–water partition coefficient (Wildman–Crippen LogP) is 3.88. The molecule has 2 aromatic carbocycles. The lowest BCUT2D eigenvalue weighted by molar-refractivity contribution is 0.202. The number of halogens is 2. The summed E-state index contributed by atoms with van der Waals surface area (Å²) in [5.74, 6) is -1.66. The molecular weight excluding hydrogens is 350 g/mol. The van der Waals surface area contributed by atoms with Gasteiger partial charge < -0.3 is 10.2 Å². The fourth-order valence-electron chi connectivity index (χ4n) is 3.47. The Hall–Kier alpha value is -3.22. The van der Waals surface area contributed by atoms with E-state index in [1.54, 1.807) is 15.8 Å². The molecule has 3 aromatic rings. The number of amides is 2. The van der Waals surface area contributed by atoms with Crippen molar-refractivity contribution in [2.75, 3.05) is 11.9 Å². The number of urea groups is 1. The molecule has 1 aliphatic heterocycles. The van der Waals surface area contributed by atoms with E-state index in [4.69, 9.17) is 0 Å². The molecule has 1 aromatic heterocycles. The van der Waals surface area contributed by atoms with Crippen molar-refractivity contribution >= 4 is 11.7 Å². The van der Waals surface area contributed by atoms with Crippen LogP contribution in [0, 0.1) is 11.6 Å². The molecule has 1 aliphatic rings. The van der Waals surface area contributed by atoms with E-state index in [1.807, 2.05) is 37.5 Å². The second kappa shape index (κ2) is 6.83. The third kappa shape index (κ3) is 3.28. The van der Waals surface area contributed by atoms with Crippen LogP contribution in [0.1, 0.15) is 22.6 Å². The molecule has 0 aliphatic carbocycles. The molecule has 0 saturated heterocycles. The molecule has 0 fully saturated rings. The van der Waals surface area contributed by atoms with E-state index in [2.05, 4.69) is 10.4 Å². The van der Waals surface area contributed by atoms with Crippen molar-refractivity contribution in [1.82, 2.24) is 14.7 Å². The zero-order valence-electron chi connectivity index (χ0n) is 14.7. The van der Waals surface area contributed by atoms with E-state index in [9.17, 15) is 13.6 Å². The first kappa shape index (κ1) is 17.2. The maximum Gasteiger partial charge on any atom is 0.322 e. The number of hydrogen-bond acceptors (Lipinski definition) is 2. The van der Waals surface area contributed by atoms with Crippen LogP contribution in [0.25, 0.3) is 0 Å². The summed E-state index contributed by atoms with van der Waals surface area (Å²) in [6.07, 6.45) is 3.69. The van der Waals surface area contributed by atoms with Crippen LogP contribution in [-0.2, 0) is 13.6 Å². The second-order valence-electron chi connectivity index (χ2n) is 6.61. The van der Waals surface area contributed by atoms with Crippen LogP contribution in [0.15, 0.2) is 54.9 Å². The Bertz CT molecular complexity index is 981. The minimum absolute atomic E-state index is 0.0557. The normalized spacial score (nSPS) is 16.1. The third-order valence-corrected chi connectivity index (χ3v) is 4.80. The van der Waals surface area contributed by atoms with Crippen LogP contribution in [0.5, 0.6) is 0 Å². The molecule has 1 unspecified atom stereocenters. The van der Waals surface area contributed by atoms with Gasteiger partial charge in [0.1, 0.15) is 17.3 Å². The third-order valence-electron chi connectivity index (χ3n) is 4.80. The largest absolute Gasteiger partial charge is 0.322 e. The number of anilines is 1. The van der Waals surface area contributed by atoms with Crippen molar-refractivity contribution in [3.8, 4) is 0 Å². The van der Waals surface area contributed by atoms with Gasteiger partial charge in [0, 0.05) is 32.3 Å². The van der Waals surface area contributed by atoms with Gasteiger partial charge in [-0.25, -0.2) is 13.6 Å². The first-order valence-electron chi connectivity index (χ1n) is 8.59. The molecule has 0 bridgehead atoms. The molecule has 1 N–H and O–H groups in total. The number of rotatable bonds is 2. The number of para-hydroxylation sites is 1. The predicted molar refractivity (Wildman–Crippen MR) is 97.3 cm³/mol. The molecular formula is C20H18F2N4O. The van der Waals surface area contributed by atoms with Gasteiger partial charge in [-0.1, -0.05) is 30.3 Å².